The lowest BCUT2D eigenvalue weighted by molar-refractivity contribution is -0.120. The summed E-state index contributed by atoms with van der Waals surface area (Å²) in [7, 11) is 0. The molecule has 0 heterocycles. The van der Waals surface area contributed by atoms with Crippen molar-refractivity contribution in [1.29, 1.82) is 0 Å². The minimum Gasteiger partial charge on any atom is -0.379 e. The standard InChI is InChI=1S/C21H17NO2.C15H24N2O3.C14H20N4O3.C14H22N2O3.C9H10BrNO.C9H10ClNO.C9H10O.C8H9NO/c1-15-7-9-18(10-8-15)21(24)22-19-13-11-17(12-14-19)20(23)16-5-3-2-4-6-16;1-13-2-4-14(5-3-13)12-15(18)17-7-9-20-11-10-19-8-6-16;1-12-2-4-13(5-3-12)14(19)16-6-8-20-10-11-21-9-7-17-18-15;1-12-2-4-13(5-3-12)14(17)16-7-9-19-11-10-18-8-6-15;2*1-7-2-4-8(5-3-7)11-9(12)6-10;1-7-3-5-9(6-4-7)8(2)10;1-6-2-4-7(5-3-6)8(9)10/h2-14H,1H3,(H,22,24);2-5H,6-12,16H2,1H3,(H,17,18);2-5H,6-11H2,1H3,(H,16,19);2-5H,6-11,15H2,1H3,(H,16,17);2*2-5H,6H2,1H3,(H,11,12);3-6H,1-2H3;2-5H,1H3,(H2,9,10). The van der Waals surface area contributed by atoms with Crippen LogP contribution in [0.2, 0.25) is 0 Å². The number of rotatable bonds is 39. The number of hydrogen-bond acceptors (Lipinski definition) is 18. The van der Waals surface area contributed by atoms with Gasteiger partial charge in [-0.25, -0.2) is 0 Å². The molecule has 7 amide bonds. The molecule has 0 saturated heterocycles. The molecule has 0 fully saturated rings. The van der Waals surface area contributed by atoms with Gasteiger partial charge in [0.2, 0.25) is 23.6 Å². The highest BCUT2D eigenvalue weighted by molar-refractivity contribution is 9.09. The number of halogens is 2. The number of amides is 7. The van der Waals surface area contributed by atoms with Crippen LogP contribution in [-0.4, -0.2) is 183 Å². The second kappa shape index (κ2) is 67.9. The van der Waals surface area contributed by atoms with E-state index in [1.165, 1.54) is 22.3 Å². The molecule has 0 aromatic heterocycles. The van der Waals surface area contributed by atoms with Gasteiger partial charge in [0, 0.05) is 100 Å². The van der Waals surface area contributed by atoms with Crippen molar-refractivity contribution in [3.05, 3.63) is 348 Å². The second-order valence-corrected chi connectivity index (χ2v) is 29.1. The number of nitrogens with two attached hydrogens (primary N) is 3. The summed E-state index contributed by atoms with van der Waals surface area (Å²) in [6, 6.07) is 76.2. The summed E-state index contributed by atoms with van der Waals surface area (Å²) >= 11 is 8.40. The Labute approximate surface area is 765 Å². The van der Waals surface area contributed by atoms with E-state index < -0.39 is 0 Å². The van der Waals surface area contributed by atoms with E-state index in [1.807, 2.05) is 231 Å². The molecule has 0 atom stereocenters. The predicted molar refractivity (Wildman–Crippen MR) is 512 cm³/mol. The predicted octanol–water partition coefficient (Wildman–Crippen LogP) is 15.7. The fraction of sp³-hybridized carbons (Fsp3) is 0.303. The number of nitrogens with zero attached hydrogens (tertiary/aromatic N) is 3. The summed E-state index contributed by atoms with van der Waals surface area (Å²) in [4.78, 5) is 105. The Kier molecular flexibility index (Phi) is 58.2. The zero-order valence-corrected chi connectivity index (χ0v) is 76.8. The Morgan fingerprint density at radius 2 is 0.656 bits per heavy atom. The van der Waals surface area contributed by atoms with Crippen LogP contribution >= 0.6 is 27.5 Å². The zero-order chi connectivity index (χ0) is 93.9. The van der Waals surface area contributed by atoms with E-state index in [4.69, 9.17) is 62.8 Å². The average molecular weight is 1840 g/mol. The van der Waals surface area contributed by atoms with Crippen LogP contribution in [0, 0.1) is 55.4 Å². The highest BCUT2D eigenvalue weighted by Gasteiger charge is 2.12. The van der Waals surface area contributed by atoms with Crippen molar-refractivity contribution in [3.63, 3.8) is 0 Å². The monoisotopic (exact) mass is 1830 g/mol. The number of benzene rings is 10. The van der Waals surface area contributed by atoms with Crippen molar-refractivity contribution < 1.29 is 71.6 Å². The number of ether oxygens (including phenoxy) is 6. The molecule has 10 aromatic rings. The normalized spacial score (nSPS) is 9.98. The van der Waals surface area contributed by atoms with Gasteiger partial charge in [0.1, 0.15) is 5.88 Å². The Bertz CT molecular complexity index is 4770. The molecular weight excluding hydrogens is 1710 g/mol. The summed E-state index contributed by atoms with van der Waals surface area (Å²) in [6.45, 7) is 26.2. The maximum atomic E-state index is 12.3. The van der Waals surface area contributed by atoms with Crippen LogP contribution in [0.3, 0.4) is 0 Å². The molecular formula is C99H122BrClN12O15. The molecule has 10 aromatic carbocycles. The molecule has 27 nitrogen and oxygen atoms in total. The Hall–Kier alpha value is -12.4. The molecule has 12 N–H and O–H groups in total. The Morgan fingerprint density at radius 3 is 1.02 bits per heavy atom. The first kappa shape index (κ1) is 110. The molecule has 0 bridgehead atoms. The average Bonchev–Trinajstić information content (AvgIpc) is 0.842. The summed E-state index contributed by atoms with van der Waals surface area (Å²) < 4.78 is 31.4. The maximum Gasteiger partial charge on any atom is 0.255 e. The number of hydrogen-bond donors (Lipinski definition) is 9. The van der Waals surface area contributed by atoms with Crippen molar-refractivity contribution in [2.75, 3.05) is 146 Å². The highest BCUT2D eigenvalue weighted by atomic mass is 79.9. The van der Waals surface area contributed by atoms with Crippen molar-refractivity contribution >= 4 is 97.5 Å². The van der Waals surface area contributed by atoms with E-state index in [0.29, 0.717) is 169 Å². The van der Waals surface area contributed by atoms with Gasteiger partial charge in [-0.05, 0) is 170 Å². The van der Waals surface area contributed by atoms with Crippen molar-refractivity contribution in [2.45, 2.75) is 68.7 Å². The van der Waals surface area contributed by atoms with Crippen LogP contribution < -0.4 is 49.1 Å². The van der Waals surface area contributed by atoms with Crippen LogP contribution in [-0.2, 0) is 49.2 Å². The topological polar surface area (TPSA) is 408 Å². The molecule has 0 radical (unpaired) electrons. The number of carbonyl (C=O) groups is 9. The lowest BCUT2D eigenvalue weighted by Crippen LogP contribution is -2.29. The Morgan fingerprint density at radius 1 is 0.352 bits per heavy atom. The van der Waals surface area contributed by atoms with Gasteiger partial charge in [0.15, 0.2) is 11.6 Å². The largest absolute Gasteiger partial charge is 0.379 e. The zero-order valence-electron chi connectivity index (χ0n) is 74.5. The summed E-state index contributed by atoms with van der Waals surface area (Å²) in [5.41, 5.74) is 40.6. The van der Waals surface area contributed by atoms with E-state index in [0.717, 1.165) is 44.8 Å². The van der Waals surface area contributed by atoms with Crippen LogP contribution in [0.15, 0.2) is 254 Å². The van der Waals surface area contributed by atoms with E-state index in [1.54, 1.807) is 79.7 Å². The van der Waals surface area contributed by atoms with Gasteiger partial charge in [-0.15, -0.1) is 11.6 Å². The lowest BCUT2D eigenvalue weighted by Gasteiger charge is -2.07. The van der Waals surface area contributed by atoms with E-state index in [9.17, 15) is 43.2 Å². The summed E-state index contributed by atoms with van der Waals surface area (Å²) in [5, 5.41) is 20.3. The highest BCUT2D eigenvalue weighted by Crippen LogP contribution is 2.17. The third kappa shape index (κ3) is 52.5. The minimum atomic E-state index is -0.375. The van der Waals surface area contributed by atoms with Gasteiger partial charge in [0.25, 0.3) is 17.7 Å². The number of azide groups is 1. The fourth-order valence-electron chi connectivity index (χ4n) is 10.1. The van der Waals surface area contributed by atoms with Gasteiger partial charge in [-0.1, -0.05) is 217 Å². The van der Waals surface area contributed by atoms with Crippen LogP contribution in [0.1, 0.15) is 125 Å². The maximum absolute atomic E-state index is 12.3. The van der Waals surface area contributed by atoms with Crippen molar-refractivity contribution in [2.24, 2.45) is 22.3 Å². The number of carbonyl (C=O) groups excluding carboxylic acids is 9. The van der Waals surface area contributed by atoms with E-state index >= 15 is 0 Å². The van der Waals surface area contributed by atoms with Gasteiger partial charge in [-0.2, -0.15) is 0 Å². The minimum absolute atomic E-state index is 0.00607. The molecule has 0 spiro atoms. The van der Waals surface area contributed by atoms with E-state index in [2.05, 4.69) is 57.9 Å². The summed E-state index contributed by atoms with van der Waals surface area (Å²) in [6.07, 6.45) is 0.403. The molecule has 0 aliphatic rings. The van der Waals surface area contributed by atoms with Crippen molar-refractivity contribution in [3.8, 4) is 0 Å². The van der Waals surface area contributed by atoms with Gasteiger partial charge < -0.3 is 77.5 Å². The quantitative estimate of drug-likeness (QED) is 0.00431. The molecule has 0 aliphatic heterocycles. The first-order valence-corrected chi connectivity index (χ1v) is 43.1. The second-order valence-electron chi connectivity index (χ2n) is 28.3. The number of alkyl halides is 2. The van der Waals surface area contributed by atoms with E-state index in [-0.39, 0.29) is 58.8 Å². The molecule has 10 rings (SSSR count). The van der Waals surface area contributed by atoms with Crippen LogP contribution in [0.25, 0.3) is 10.4 Å². The lowest BCUT2D eigenvalue weighted by atomic mass is 10.0. The number of Topliss-reactive ketones (excluding diaryl/α,β-unsaturated/α-hetero) is 1. The molecule has 128 heavy (non-hydrogen) atoms. The van der Waals surface area contributed by atoms with Crippen molar-refractivity contribution in [1.82, 2.24) is 16.0 Å². The summed E-state index contributed by atoms with van der Waals surface area (Å²) in [5.74, 6) is -0.846. The number of anilines is 3. The molecule has 29 heteroatoms. The number of aryl methyl sites for hydroxylation is 8. The number of ketones is 2. The van der Waals surface area contributed by atoms with Crippen LogP contribution in [0.5, 0.6) is 0 Å². The SMILES string of the molecule is CC(=O)c1ccc(C)cc1.Cc1ccc(C(=O)NCCOCCOCCN)cc1.Cc1ccc(C(=O)NCCOCCOCCN=[N+]=[N-])cc1.Cc1ccc(C(=O)Nc2ccc(C(=O)c3ccccc3)cc2)cc1.Cc1ccc(C(N)=O)cc1.Cc1ccc(CC(=O)NCCOCCOCCN)cc1.Cc1ccc(NC(=O)CBr)cc1.Cc1ccc(NC(=O)CCl)cc1. The molecule has 0 unspecified atom stereocenters. The first-order chi connectivity index (χ1) is 61.7. The number of primary amides is 1. The Balaban J connectivity index is 0.000000384. The van der Waals surface area contributed by atoms with Gasteiger partial charge in [-0.3, -0.25) is 43.2 Å². The first-order valence-electron chi connectivity index (χ1n) is 41.4. The van der Waals surface area contributed by atoms with Gasteiger partial charge in [0.05, 0.1) is 91.0 Å². The molecule has 0 aliphatic carbocycles. The fourth-order valence-corrected chi connectivity index (χ4v) is 10.3. The third-order valence-electron chi connectivity index (χ3n) is 17.2. The van der Waals surface area contributed by atoms with Gasteiger partial charge >= 0.3 is 0 Å². The third-order valence-corrected chi connectivity index (χ3v) is 18.0. The molecule has 682 valence electrons. The smallest absolute Gasteiger partial charge is 0.255 e. The molecule has 0 saturated carbocycles. The van der Waals surface area contributed by atoms with Crippen LogP contribution in [0.4, 0.5) is 17.1 Å². The number of nitrogens with one attached hydrogen (secondary N) is 6.